The number of carbonyl (C=O) groups excluding carboxylic acids is 2. The van der Waals surface area contributed by atoms with Gasteiger partial charge in [-0.3, -0.25) is 4.79 Å². The lowest BCUT2D eigenvalue weighted by Gasteiger charge is -2.35. The molecule has 3 aromatic rings. The molecule has 2 atom stereocenters. The summed E-state index contributed by atoms with van der Waals surface area (Å²) >= 11 is 0. The van der Waals surface area contributed by atoms with Gasteiger partial charge in [0.1, 0.15) is 0 Å². The van der Waals surface area contributed by atoms with E-state index in [1.165, 1.54) is 0 Å². The van der Waals surface area contributed by atoms with Gasteiger partial charge in [-0.1, -0.05) is 91.0 Å². The zero-order chi connectivity index (χ0) is 20.2. The summed E-state index contributed by atoms with van der Waals surface area (Å²) in [4.78, 5) is 25.3. The number of aliphatic carboxylic acids is 1. The molecule has 0 unspecified atom stereocenters. The highest BCUT2D eigenvalue weighted by atomic mass is 16.4. The summed E-state index contributed by atoms with van der Waals surface area (Å²) in [7, 11) is 0. The van der Waals surface area contributed by atoms with E-state index in [0.717, 1.165) is 22.3 Å². The van der Waals surface area contributed by atoms with Crippen molar-refractivity contribution in [3.05, 3.63) is 108 Å². The van der Waals surface area contributed by atoms with Gasteiger partial charge in [0.25, 0.3) is 0 Å². The number of ketones is 1. The third-order valence-corrected chi connectivity index (χ3v) is 5.64. The molecule has 3 nitrogen and oxygen atoms in total. The van der Waals surface area contributed by atoms with Gasteiger partial charge in [-0.15, -0.1) is 0 Å². The summed E-state index contributed by atoms with van der Waals surface area (Å²) < 4.78 is 0. The van der Waals surface area contributed by atoms with E-state index < -0.39 is 17.8 Å². The molecule has 0 saturated carbocycles. The van der Waals surface area contributed by atoms with Gasteiger partial charge in [-0.2, -0.15) is 0 Å². The van der Waals surface area contributed by atoms with Crippen molar-refractivity contribution in [1.29, 1.82) is 0 Å². The maximum atomic E-state index is 13.2. The molecular formula is C26H21O3-. The lowest BCUT2D eigenvalue weighted by Crippen LogP contribution is -2.41. The Morgan fingerprint density at radius 2 is 1.03 bits per heavy atom. The molecule has 0 N–H and O–H groups in total. The summed E-state index contributed by atoms with van der Waals surface area (Å²) in [5, 5.41) is 12.0. The normalized spacial score (nSPS) is 19.0. The molecule has 0 bridgehead atoms. The molecule has 29 heavy (non-hydrogen) atoms. The second-order valence-corrected chi connectivity index (χ2v) is 7.36. The lowest BCUT2D eigenvalue weighted by molar-refractivity contribution is -0.312. The van der Waals surface area contributed by atoms with Gasteiger partial charge in [0.2, 0.25) is 0 Å². The van der Waals surface area contributed by atoms with Gasteiger partial charge < -0.3 is 9.90 Å². The fourth-order valence-electron chi connectivity index (χ4n) is 4.17. The van der Waals surface area contributed by atoms with Gasteiger partial charge >= 0.3 is 0 Å². The molecule has 0 saturated heterocycles. The summed E-state index contributed by atoms with van der Waals surface area (Å²) in [6, 6.07) is 28.6. The van der Waals surface area contributed by atoms with Crippen LogP contribution in [-0.4, -0.2) is 11.8 Å². The number of Topliss-reactive ketones (excluding diaryl/α,β-unsaturated/α-hetero) is 1. The van der Waals surface area contributed by atoms with Gasteiger partial charge in [-0.05, 0) is 35.1 Å². The fraction of sp³-hybridized carbons (Fsp3) is 0.154. The third kappa shape index (κ3) is 3.90. The van der Waals surface area contributed by atoms with Crippen molar-refractivity contribution in [2.45, 2.75) is 12.8 Å². The standard InChI is InChI=1S/C26H22O3/c27-25(20-14-8-3-9-15-20)23-16-21(18-10-4-1-5-11-18)22(17-24(23)26(28)29)19-12-6-2-7-13-19/h1-15,23-24H,16-17H2,(H,28,29)/p-1/t23-,24-/m1/s1. The summed E-state index contributed by atoms with van der Waals surface area (Å²) in [6.45, 7) is 0. The second-order valence-electron chi connectivity index (χ2n) is 7.36. The van der Waals surface area contributed by atoms with Crippen molar-refractivity contribution in [3.8, 4) is 0 Å². The third-order valence-electron chi connectivity index (χ3n) is 5.64. The van der Waals surface area contributed by atoms with Crippen LogP contribution in [-0.2, 0) is 4.79 Å². The Balaban J connectivity index is 1.83. The molecule has 0 heterocycles. The number of allylic oxidation sites excluding steroid dienone is 2. The van der Waals surface area contributed by atoms with Crippen LogP contribution < -0.4 is 5.11 Å². The minimum Gasteiger partial charge on any atom is -0.550 e. The van der Waals surface area contributed by atoms with E-state index in [-0.39, 0.29) is 12.2 Å². The maximum absolute atomic E-state index is 13.2. The second kappa shape index (κ2) is 8.27. The Bertz CT molecular complexity index is 1040. The van der Waals surface area contributed by atoms with E-state index in [1.54, 1.807) is 24.3 Å². The van der Waals surface area contributed by atoms with Crippen molar-refractivity contribution in [1.82, 2.24) is 0 Å². The zero-order valence-electron chi connectivity index (χ0n) is 16.0. The van der Waals surface area contributed by atoms with Crippen LogP contribution >= 0.6 is 0 Å². The molecule has 144 valence electrons. The largest absolute Gasteiger partial charge is 0.550 e. The summed E-state index contributed by atoms with van der Waals surface area (Å²) in [5.41, 5.74) is 4.56. The molecule has 1 aliphatic rings. The van der Waals surface area contributed by atoms with Crippen LogP contribution in [0, 0.1) is 11.8 Å². The topological polar surface area (TPSA) is 57.2 Å². The van der Waals surface area contributed by atoms with Crippen molar-refractivity contribution in [3.63, 3.8) is 0 Å². The van der Waals surface area contributed by atoms with E-state index in [0.29, 0.717) is 12.0 Å². The van der Waals surface area contributed by atoms with Crippen LogP contribution in [0.5, 0.6) is 0 Å². The molecular weight excluding hydrogens is 360 g/mol. The van der Waals surface area contributed by atoms with Gasteiger partial charge in [-0.25, -0.2) is 0 Å². The van der Waals surface area contributed by atoms with Crippen LogP contribution in [0.25, 0.3) is 11.1 Å². The van der Waals surface area contributed by atoms with E-state index in [2.05, 4.69) is 0 Å². The average molecular weight is 381 g/mol. The Morgan fingerprint density at radius 3 is 1.48 bits per heavy atom. The van der Waals surface area contributed by atoms with Crippen LogP contribution in [0.1, 0.15) is 34.3 Å². The first-order chi connectivity index (χ1) is 14.1. The smallest absolute Gasteiger partial charge is 0.166 e. The Kier molecular flexibility index (Phi) is 5.39. The first-order valence-electron chi connectivity index (χ1n) is 9.78. The summed E-state index contributed by atoms with van der Waals surface area (Å²) in [5.74, 6) is -2.81. The number of benzene rings is 3. The maximum Gasteiger partial charge on any atom is 0.166 e. The number of carboxylic acids is 1. The minimum absolute atomic E-state index is 0.139. The van der Waals surface area contributed by atoms with E-state index in [1.807, 2.05) is 66.7 Å². The quantitative estimate of drug-likeness (QED) is 0.621. The Labute approximate surface area is 170 Å². The molecule has 3 heteroatoms. The molecule has 0 spiro atoms. The summed E-state index contributed by atoms with van der Waals surface area (Å²) in [6.07, 6.45) is 0.653. The predicted octanol–water partition coefficient (Wildman–Crippen LogP) is 4.26. The predicted molar refractivity (Wildman–Crippen MR) is 112 cm³/mol. The van der Waals surface area contributed by atoms with Crippen LogP contribution in [0.15, 0.2) is 91.0 Å². The fourth-order valence-corrected chi connectivity index (χ4v) is 4.17. The van der Waals surface area contributed by atoms with E-state index >= 15 is 0 Å². The number of carboxylic acid groups (broad SMARTS) is 1. The molecule has 0 radical (unpaired) electrons. The minimum atomic E-state index is -1.17. The Hall–Kier alpha value is -3.46. The molecule has 0 fully saturated rings. The lowest BCUT2D eigenvalue weighted by atomic mass is 9.70. The molecule has 4 rings (SSSR count). The van der Waals surface area contributed by atoms with Crippen molar-refractivity contribution < 1.29 is 14.7 Å². The van der Waals surface area contributed by atoms with Gasteiger partial charge in [0.15, 0.2) is 5.78 Å². The van der Waals surface area contributed by atoms with E-state index in [4.69, 9.17) is 0 Å². The van der Waals surface area contributed by atoms with Crippen molar-refractivity contribution >= 4 is 22.9 Å². The molecule has 3 aromatic carbocycles. The van der Waals surface area contributed by atoms with Crippen LogP contribution in [0.4, 0.5) is 0 Å². The number of carbonyl (C=O) groups is 2. The number of hydrogen-bond acceptors (Lipinski definition) is 3. The monoisotopic (exact) mass is 381 g/mol. The zero-order valence-corrected chi connectivity index (χ0v) is 16.0. The van der Waals surface area contributed by atoms with Crippen LogP contribution in [0.3, 0.4) is 0 Å². The highest BCUT2D eigenvalue weighted by Crippen LogP contribution is 2.44. The Morgan fingerprint density at radius 1 is 0.621 bits per heavy atom. The first-order valence-corrected chi connectivity index (χ1v) is 9.78. The average Bonchev–Trinajstić information content (AvgIpc) is 2.79. The first kappa shape index (κ1) is 18.9. The van der Waals surface area contributed by atoms with Crippen molar-refractivity contribution in [2.24, 2.45) is 11.8 Å². The molecule has 0 aliphatic heterocycles. The highest BCUT2D eigenvalue weighted by Gasteiger charge is 2.36. The van der Waals surface area contributed by atoms with Crippen molar-refractivity contribution in [2.75, 3.05) is 0 Å². The highest BCUT2D eigenvalue weighted by molar-refractivity contribution is 6.04. The van der Waals surface area contributed by atoms with Gasteiger partial charge in [0.05, 0.1) is 0 Å². The molecule has 0 amide bonds. The number of rotatable bonds is 5. The number of hydrogen-bond donors (Lipinski definition) is 0. The van der Waals surface area contributed by atoms with Gasteiger partial charge in [0, 0.05) is 23.4 Å². The van der Waals surface area contributed by atoms with E-state index in [9.17, 15) is 14.7 Å². The SMILES string of the molecule is O=C([O-])[C@@H]1CC(c2ccccc2)=C(c2ccccc2)C[C@H]1C(=O)c1ccccc1. The molecule has 0 aromatic heterocycles. The van der Waals surface area contributed by atoms with Crippen LogP contribution in [0.2, 0.25) is 0 Å². The molecule has 1 aliphatic carbocycles.